The fourth-order valence-electron chi connectivity index (χ4n) is 3.09. The highest BCUT2D eigenvalue weighted by atomic mass is 16.5. The van der Waals surface area contributed by atoms with Gasteiger partial charge in [-0.2, -0.15) is 5.10 Å². The average Bonchev–Trinajstić information content (AvgIpc) is 3.33. The van der Waals surface area contributed by atoms with E-state index in [0.29, 0.717) is 5.82 Å². The molecule has 3 aromatic heterocycles. The number of hydrogen-bond donors (Lipinski definition) is 1. The molecule has 1 aromatic carbocycles. The molecule has 4 aromatic rings. The van der Waals surface area contributed by atoms with E-state index in [1.807, 2.05) is 36.4 Å². The van der Waals surface area contributed by atoms with Gasteiger partial charge in [-0.1, -0.05) is 36.4 Å². The molecule has 156 valence electrons. The monoisotopic (exact) mass is 416 g/mol. The molecule has 9 heteroatoms. The third-order valence-electron chi connectivity index (χ3n) is 4.62. The van der Waals surface area contributed by atoms with Gasteiger partial charge in [0.1, 0.15) is 19.3 Å². The molecule has 0 spiro atoms. The lowest BCUT2D eigenvalue weighted by atomic mass is 10.2. The van der Waals surface area contributed by atoms with Crippen molar-refractivity contribution in [1.29, 1.82) is 0 Å². The lowest BCUT2D eigenvalue weighted by molar-refractivity contribution is 0.0936. The smallest absolute Gasteiger partial charge is 0.272 e. The van der Waals surface area contributed by atoms with Crippen LogP contribution in [-0.2, 0) is 20.2 Å². The summed E-state index contributed by atoms with van der Waals surface area (Å²) in [7, 11) is 1.69. The summed E-state index contributed by atoms with van der Waals surface area (Å²) in [5.41, 5.74) is 1.43. The maximum atomic E-state index is 13.0. The number of amides is 1. The molecule has 0 aliphatic heterocycles. The molecule has 31 heavy (non-hydrogen) atoms. The van der Waals surface area contributed by atoms with Crippen molar-refractivity contribution >= 4 is 5.91 Å². The number of nitrogens with one attached hydrogen (secondary N) is 1. The first-order valence-electron chi connectivity index (χ1n) is 9.57. The summed E-state index contributed by atoms with van der Waals surface area (Å²) in [6.07, 6.45) is 6.12. The number of benzene rings is 1. The topological polar surface area (TPSA) is 104 Å². The molecule has 9 nitrogen and oxygen atoms in total. The minimum absolute atomic E-state index is 0.00837. The molecule has 0 unspecified atom stereocenters. The van der Waals surface area contributed by atoms with Crippen LogP contribution in [0.1, 0.15) is 21.6 Å². The molecule has 0 saturated heterocycles. The number of aromatic nitrogens is 5. The quantitative estimate of drug-likeness (QED) is 0.493. The molecular formula is C22H20N6O3. The standard InChI is InChI=1S/C22H20N6O3/c1-27-11-9-18(29)20(31-13-16-6-3-2-4-7-16)19(27)22(30)25-12-17-8-5-10-24-21(17)28-15-23-14-26-28/h2-11,14-15H,12-13H2,1H3,(H,25,30). The van der Waals surface area contributed by atoms with Crippen LogP contribution in [0.25, 0.3) is 5.82 Å². The van der Waals surface area contributed by atoms with E-state index >= 15 is 0 Å². The van der Waals surface area contributed by atoms with Crippen molar-refractivity contribution in [3.63, 3.8) is 0 Å². The van der Waals surface area contributed by atoms with Crippen molar-refractivity contribution in [2.45, 2.75) is 13.2 Å². The van der Waals surface area contributed by atoms with Crippen LogP contribution in [0, 0.1) is 0 Å². The molecule has 0 aliphatic rings. The van der Waals surface area contributed by atoms with Gasteiger partial charge < -0.3 is 14.6 Å². The van der Waals surface area contributed by atoms with E-state index < -0.39 is 5.91 Å². The fourth-order valence-corrected chi connectivity index (χ4v) is 3.09. The first-order chi connectivity index (χ1) is 15.1. The SMILES string of the molecule is Cn1ccc(=O)c(OCc2ccccc2)c1C(=O)NCc1cccnc1-n1cncn1. The van der Waals surface area contributed by atoms with E-state index in [0.717, 1.165) is 11.1 Å². The summed E-state index contributed by atoms with van der Waals surface area (Å²) in [5, 5.41) is 6.93. The van der Waals surface area contributed by atoms with E-state index in [4.69, 9.17) is 4.74 Å². The third kappa shape index (κ3) is 4.50. The van der Waals surface area contributed by atoms with Gasteiger partial charge in [0.15, 0.2) is 17.3 Å². The van der Waals surface area contributed by atoms with Gasteiger partial charge in [-0.3, -0.25) is 9.59 Å². The fraction of sp³-hybridized carbons (Fsp3) is 0.136. The predicted octanol–water partition coefficient (Wildman–Crippen LogP) is 1.87. The van der Waals surface area contributed by atoms with Crippen LogP contribution in [0.5, 0.6) is 5.75 Å². The molecule has 0 aliphatic carbocycles. The molecule has 1 amide bonds. The van der Waals surface area contributed by atoms with Crippen molar-refractivity contribution in [3.05, 3.63) is 101 Å². The molecule has 0 saturated carbocycles. The van der Waals surface area contributed by atoms with Gasteiger partial charge in [0.05, 0.1) is 0 Å². The molecule has 0 radical (unpaired) electrons. The van der Waals surface area contributed by atoms with Crippen LogP contribution < -0.4 is 15.5 Å². The normalized spacial score (nSPS) is 10.6. The summed E-state index contributed by atoms with van der Waals surface area (Å²) >= 11 is 0. The Labute approximate surface area is 178 Å². The second kappa shape index (κ2) is 9.04. The zero-order chi connectivity index (χ0) is 21.6. The number of pyridine rings is 2. The van der Waals surface area contributed by atoms with Crippen molar-refractivity contribution in [2.24, 2.45) is 7.05 Å². The van der Waals surface area contributed by atoms with Crippen molar-refractivity contribution in [2.75, 3.05) is 0 Å². The summed E-state index contributed by atoms with van der Waals surface area (Å²) in [6.45, 7) is 0.364. The van der Waals surface area contributed by atoms with Crippen LogP contribution >= 0.6 is 0 Å². The zero-order valence-corrected chi connectivity index (χ0v) is 16.8. The number of rotatable bonds is 7. The highest BCUT2D eigenvalue weighted by Crippen LogP contribution is 2.16. The number of aryl methyl sites for hydroxylation is 1. The van der Waals surface area contributed by atoms with E-state index in [9.17, 15) is 9.59 Å². The molecule has 3 heterocycles. The third-order valence-corrected chi connectivity index (χ3v) is 4.62. The van der Waals surface area contributed by atoms with Gasteiger partial charge in [0.25, 0.3) is 5.91 Å². The minimum Gasteiger partial charge on any atom is -0.483 e. The van der Waals surface area contributed by atoms with E-state index in [1.54, 1.807) is 23.9 Å². The summed E-state index contributed by atoms with van der Waals surface area (Å²) in [5.74, 6) is 0.133. The maximum Gasteiger partial charge on any atom is 0.272 e. The Bertz CT molecular complexity index is 1240. The second-order valence-electron chi connectivity index (χ2n) is 6.75. The lowest BCUT2D eigenvalue weighted by Gasteiger charge is -2.15. The summed E-state index contributed by atoms with van der Waals surface area (Å²) < 4.78 is 8.85. The summed E-state index contributed by atoms with van der Waals surface area (Å²) in [6, 6.07) is 14.4. The Morgan fingerprint density at radius 2 is 1.97 bits per heavy atom. The van der Waals surface area contributed by atoms with Crippen LogP contribution in [0.15, 0.2) is 78.4 Å². The van der Waals surface area contributed by atoms with Crippen LogP contribution in [0.2, 0.25) is 0 Å². The van der Waals surface area contributed by atoms with Crippen LogP contribution in [-0.4, -0.2) is 30.2 Å². The molecule has 4 rings (SSSR count). The van der Waals surface area contributed by atoms with Crippen molar-refractivity contribution in [1.82, 2.24) is 29.6 Å². The van der Waals surface area contributed by atoms with Crippen molar-refractivity contribution < 1.29 is 9.53 Å². The molecule has 0 bridgehead atoms. The molecule has 0 fully saturated rings. The van der Waals surface area contributed by atoms with Gasteiger partial charge in [0.2, 0.25) is 5.43 Å². The molecular weight excluding hydrogens is 396 g/mol. The predicted molar refractivity (Wildman–Crippen MR) is 113 cm³/mol. The van der Waals surface area contributed by atoms with Crippen molar-refractivity contribution in [3.8, 4) is 11.6 Å². The largest absolute Gasteiger partial charge is 0.483 e. The maximum absolute atomic E-state index is 13.0. The Balaban J connectivity index is 1.55. The first-order valence-corrected chi connectivity index (χ1v) is 9.57. The summed E-state index contributed by atoms with van der Waals surface area (Å²) in [4.78, 5) is 33.7. The minimum atomic E-state index is -0.434. The van der Waals surface area contributed by atoms with E-state index in [1.165, 1.54) is 29.6 Å². The van der Waals surface area contributed by atoms with Gasteiger partial charge >= 0.3 is 0 Å². The second-order valence-corrected chi connectivity index (χ2v) is 6.75. The number of ether oxygens (including phenoxy) is 1. The van der Waals surface area contributed by atoms with Crippen LogP contribution in [0.4, 0.5) is 0 Å². The zero-order valence-electron chi connectivity index (χ0n) is 16.8. The highest BCUT2D eigenvalue weighted by molar-refractivity contribution is 5.95. The van der Waals surface area contributed by atoms with Gasteiger partial charge in [-0.15, -0.1) is 0 Å². The Morgan fingerprint density at radius 3 is 2.74 bits per heavy atom. The van der Waals surface area contributed by atoms with Gasteiger partial charge in [-0.05, 0) is 11.6 Å². The average molecular weight is 416 g/mol. The molecule has 0 atom stereocenters. The Kier molecular flexibility index (Phi) is 5.84. The first kappa shape index (κ1) is 20.0. The van der Waals surface area contributed by atoms with Gasteiger partial charge in [-0.25, -0.2) is 14.6 Å². The number of carbonyl (C=O) groups excluding carboxylic acids is 1. The van der Waals surface area contributed by atoms with Crippen LogP contribution in [0.3, 0.4) is 0 Å². The Hall–Kier alpha value is -4.27. The molecule has 1 N–H and O–H groups in total. The number of hydrogen-bond acceptors (Lipinski definition) is 6. The van der Waals surface area contributed by atoms with E-state index in [2.05, 4.69) is 20.4 Å². The number of carbonyl (C=O) groups is 1. The van der Waals surface area contributed by atoms with Gasteiger partial charge in [0, 0.05) is 37.6 Å². The van der Waals surface area contributed by atoms with E-state index in [-0.39, 0.29) is 30.0 Å². The highest BCUT2D eigenvalue weighted by Gasteiger charge is 2.19. The lowest BCUT2D eigenvalue weighted by Crippen LogP contribution is -2.29. The number of nitrogens with zero attached hydrogens (tertiary/aromatic N) is 5. The Morgan fingerprint density at radius 1 is 1.13 bits per heavy atom.